The van der Waals surface area contributed by atoms with Crippen molar-refractivity contribution in [3.8, 4) is 11.8 Å². The molecular weight excluding hydrogens is 248 g/mol. The maximum atomic E-state index is 10.5. The summed E-state index contributed by atoms with van der Waals surface area (Å²) in [5, 5.41) is 0. The molecule has 0 aromatic rings. The minimum absolute atomic E-state index is 0.168. The molecule has 0 spiro atoms. The first-order valence-electron chi connectivity index (χ1n) is 8.04. The Hall–Kier alpha value is -1.23. The minimum atomic E-state index is -0.168. The summed E-state index contributed by atoms with van der Waals surface area (Å²) in [6.45, 7) is 4.17. The Balaban J connectivity index is 3.11. The first-order valence-corrected chi connectivity index (χ1v) is 8.04. The molecule has 0 unspecified atom stereocenters. The topological polar surface area (TPSA) is 26.3 Å². The van der Waals surface area contributed by atoms with E-state index in [4.69, 9.17) is 4.74 Å². The maximum Gasteiger partial charge on any atom is 0.302 e. The third kappa shape index (κ3) is 16.8. The molecule has 0 aliphatic rings. The number of esters is 1. The quantitative estimate of drug-likeness (QED) is 0.301. The zero-order chi connectivity index (χ0) is 14.9. The van der Waals surface area contributed by atoms with Gasteiger partial charge in [0.05, 0.1) is 6.61 Å². The number of rotatable bonds is 11. The Labute approximate surface area is 125 Å². The highest BCUT2D eigenvalue weighted by molar-refractivity contribution is 5.65. The van der Waals surface area contributed by atoms with E-state index in [-0.39, 0.29) is 5.97 Å². The molecule has 0 amide bonds. The van der Waals surface area contributed by atoms with Gasteiger partial charge in [-0.1, -0.05) is 63.4 Å². The molecule has 0 aromatic carbocycles. The molecule has 0 bridgehead atoms. The molecule has 0 aliphatic carbocycles. The van der Waals surface area contributed by atoms with E-state index in [2.05, 4.69) is 24.8 Å². The van der Waals surface area contributed by atoms with Crippen LogP contribution in [0.25, 0.3) is 0 Å². The first kappa shape index (κ1) is 18.8. The average Bonchev–Trinajstić information content (AvgIpc) is 2.43. The van der Waals surface area contributed by atoms with Gasteiger partial charge in [-0.25, -0.2) is 0 Å². The number of allylic oxidation sites excluding steroid dienone is 2. The molecule has 0 aromatic heterocycles. The van der Waals surface area contributed by atoms with Crippen LogP contribution in [0.1, 0.15) is 78.1 Å². The number of hydrogen-bond donors (Lipinski definition) is 0. The van der Waals surface area contributed by atoms with Crippen molar-refractivity contribution in [2.75, 3.05) is 6.61 Å². The van der Waals surface area contributed by atoms with E-state index in [9.17, 15) is 4.79 Å². The third-order valence-electron chi connectivity index (χ3n) is 3.04. The van der Waals surface area contributed by atoms with Crippen molar-refractivity contribution < 1.29 is 9.53 Å². The third-order valence-corrected chi connectivity index (χ3v) is 3.04. The summed E-state index contributed by atoms with van der Waals surface area (Å²) >= 11 is 0. The van der Waals surface area contributed by atoms with Crippen molar-refractivity contribution in [2.45, 2.75) is 78.1 Å². The minimum Gasteiger partial charge on any atom is -0.466 e. The zero-order valence-corrected chi connectivity index (χ0v) is 13.2. The second-order valence-electron chi connectivity index (χ2n) is 5.05. The van der Waals surface area contributed by atoms with Gasteiger partial charge in [0.15, 0.2) is 0 Å². The summed E-state index contributed by atoms with van der Waals surface area (Å²) in [5.41, 5.74) is 0. The Morgan fingerprint density at radius 2 is 1.60 bits per heavy atom. The highest BCUT2D eigenvalue weighted by Crippen LogP contribution is 2.09. The van der Waals surface area contributed by atoms with E-state index < -0.39 is 0 Å². The van der Waals surface area contributed by atoms with E-state index in [0.717, 1.165) is 19.3 Å². The number of ether oxygens (including phenoxy) is 1. The predicted octanol–water partition coefficient (Wildman–Crippen LogP) is 5.03. The predicted molar refractivity (Wildman–Crippen MR) is 85.4 cm³/mol. The molecular formula is C18H30O2. The fraction of sp³-hybridized carbons (Fsp3) is 0.722. The van der Waals surface area contributed by atoms with Crippen LogP contribution in [0.2, 0.25) is 0 Å². The van der Waals surface area contributed by atoms with E-state index in [1.807, 2.05) is 6.08 Å². The largest absolute Gasteiger partial charge is 0.466 e. The number of carbonyl (C=O) groups excluding carboxylic acids is 1. The van der Waals surface area contributed by atoms with Gasteiger partial charge in [-0.2, -0.15) is 0 Å². The van der Waals surface area contributed by atoms with Crippen LogP contribution in [0.4, 0.5) is 0 Å². The molecule has 0 N–H and O–H groups in total. The van der Waals surface area contributed by atoms with Gasteiger partial charge in [-0.15, -0.1) is 0 Å². The highest BCUT2D eigenvalue weighted by Gasteiger charge is 1.94. The van der Waals surface area contributed by atoms with E-state index in [1.54, 1.807) is 0 Å². The Kier molecular flexibility index (Phi) is 14.9. The normalized spacial score (nSPS) is 10.3. The molecule has 20 heavy (non-hydrogen) atoms. The monoisotopic (exact) mass is 278 g/mol. The Morgan fingerprint density at radius 1 is 1.00 bits per heavy atom. The van der Waals surface area contributed by atoms with E-state index >= 15 is 0 Å². The van der Waals surface area contributed by atoms with Crippen LogP contribution in [-0.4, -0.2) is 12.6 Å². The van der Waals surface area contributed by atoms with Gasteiger partial charge in [0, 0.05) is 13.3 Å². The summed E-state index contributed by atoms with van der Waals surface area (Å²) < 4.78 is 4.89. The van der Waals surface area contributed by atoms with Crippen molar-refractivity contribution >= 4 is 5.97 Å². The summed E-state index contributed by atoms with van der Waals surface area (Å²) in [5.74, 6) is 6.07. The highest BCUT2D eigenvalue weighted by atomic mass is 16.5. The van der Waals surface area contributed by atoms with Crippen molar-refractivity contribution in [3.05, 3.63) is 12.2 Å². The molecule has 114 valence electrons. The Bertz CT molecular complexity index is 307. The summed E-state index contributed by atoms with van der Waals surface area (Å²) in [7, 11) is 0. The van der Waals surface area contributed by atoms with Crippen molar-refractivity contribution in [2.24, 2.45) is 0 Å². The molecule has 0 atom stereocenters. The van der Waals surface area contributed by atoms with Crippen molar-refractivity contribution in [3.63, 3.8) is 0 Å². The summed E-state index contributed by atoms with van der Waals surface area (Å²) in [6, 6.07) is 0. The molecule has 0 saturated carbocycles. The van der Waals surface area contributed by atoms with Gasteiger partial charge >= 0.3 is 5.97 Å². The van der Waals surface area contributed by atoms with Gasteiger partial charge < -0.3 is 4.74 Å². The number of carbonyl (C=O) groups is 1. The second kappa shape index (κ2) is 15.8. The van der Waals surface area contributed by atoms with Crippen LogP contribution in [0, 0.1) is 11.8 Å². The lowest BCUT2D eigenvalue weighted by Crippen LogP contribution is -2.00. The zero-order valence-electron chi connectivity index (χ0n) is 13.2. The molecule has 0 heterocycles. The lowest BCUT2D eigenvalue weighted by Gasteiger charge is -2.02. The van der Waals surface area contributed by atoms with Crippen LogP contribution < -0.4 is 0 Å². The average molecular weight is 278 g/mol. The lowest BCUT2D eigenvalue weighted by atomic mass is 10.1. The molecule has 0 fully saturated rings. The SMILES string of the molecule is CCC=CC#CCCCCCCCCCCOC(C)=O. The van der Waals surface area contributed by atoms with Gasteiger partial charge in [-0.05, 0) is 25.3 Å². The van der Waals surface area contributed by atoms with Crippen LogP contribution in [0.15, 0.2) is 12.2 Å². The van der Waals surface area contributed by atoms with Crippen molar-refractivity contribution in [1.29, 1.82) is 0 Å². The molecule has 0 aliphatic heterocycles. The van der Waals surface area contributed by atoms with Gasteiger partial charge in [0.25, 0.3) is 0 Å². The first-order chi connectivity index (χ1) is 9.77. The summed E-state index contributed by atoms with van der Waals surface area (Å²) in [4.78, 5) is 10.5. The van der Waals surface area contributed by atoms with Gasteiger partial charge in [-0.3, -0.25) is 4.79 Å². The maximum absolute atomic E-state index is 10.5. The molecule has 0 radical (unpaired) electrons. The van der Waals surface area contributed by atoms with Crippen LogP contribution in [0.5, 0.6) is 0 Å². The van der Waals surface area contributed by atoms with Crippen LogP contribution >= 0.6 is 0 Å². The second-order valence-corrected chi connectivity index (χ2v) is 5.05. The van der Waals surface area contributed by atoms with E-state index in [0.29, 0.717) is 6.61 Å². The number of hydrogen-bond acceptors (Lipinski definition) is 2. The summed E-state index contributed by atoms with van der Waals surface area (Å²) in [6.07, 6.45) is 16.0. The smallest absolute Gasteiger partial charge is 0.302 e. The van der Waals surface area contributed by atoms with E-state index in [1.165, 1.54) is 51.9 Å². The fourth-order valence-electron chi connectivity index (χ4n) is 1.90. The van der Waals surface area contributed by atoms with Crippen molar-refractivity contribution in [1.82, 2.24) is 0 Å². The number of unbranched alkanes of at least 4 members (excludes halogenated alkanes) is 8. The lowest BCUT2D eigenvalue weighted by molar-refractivity contribution is -0.141. The van der Waals surface area contributed by atoms with Crippen LogP contribution in [0.3, 0.4) is 0 Å². The Morgan fingerprint density at radius 3 is 2.20 bits per heavy atom. The molecule has 2 nitrogen and oxygen atoms in total. The standard InChI is InChI=1S/C18H30O2/c1-3-4-5-6-7-8-9-10-11-12-13-14-15-16-17-20-18(2)19/h4-5H,3,8-17H2,1-2H3. The van der Waals surface area contributed by atoms with Crippen LogP contribution in [-0.2, 0) is 9.53 Å². The van der Waals surface area contributed by atoms with Gasteiger partial charge in [0.1, 0.15) is 0 Å². The fourth-order valence-corrected chi connectivity index (χ4v) is 1.90. The molecule has 0 saturated heterocycles. The molecule has 2 heteroatoms. The molecule has 0 rings (SSSR count). The van der Waals surface area contributed by atoms with Gasteiger partial charge in [0.2, 0.25) is 0 Å².